The molecule has 0 saturated carbocycles. The number of carbonyl (C=O) groups excluding carboxylic acids is 2. The number of anilines is 1. The molecule has 0 spiro atoms. The fraction of sp³-hybridized carbons (Fsp3) is 0.261. The Hall–Kier alpha value is -3.79. The van der Waals surface area contributed by atoms with E-state index in [0.717, 1.165) is 22.5 Å². The number of aryl methyl sites for hydroxylation is 3. The van der Waals surface area contributed by atoms with Crippen LogP contribution in [0.15, 0.2) is 36.4 Å². The zero-order valence-corrected chi connectivity index (χ0v) is 17.1. The summed E-state index contributed by atoms with van der Waals surface area (Å²) in [4.78, 5) is 36.1. The number of hydrogen-bond acceptors (Lipinski definition) is 5. The average molecular weight is 399 g/mol. The Kier molecular flexibility index (Phi) is 4.92. The number of hydrogen-bond donors (Lipinski definition) is 1. The molecule has 30 heavy (non-hydrogen) atoms. The molecule has 2 amide bonds. The molecule has 1 N–H and O–H groups in total. The van der Waals surface area contributed by atoms with Gasteiger partial charge in [0.1, 0.15) is 0 Å². The van der Waals surface area contributed by atoms with E-state index in [2.05, 4.69) is 21.4 Å². The van der Waals surface area contributed by atoms with Gasteiger partial charge in [0.15, 0.2) is 0 Å². The number of aromatic nitrogens is 2. The summed E-state index contributed by atoms with van der Waals surface area (Å²) in [6, 6.07) is 12.6. The highest BCUT2D eigenvalue weighted by Gasteiger charge is 2.31. The van der Waals surface area contributed by atoms with Crippen LogP contribution < -0.4 is 5.32 Å². The van der Waals surface area contributed by atoms with Gasteiger partial charge in [0.25, 0.3) is 11.8 Å². The second-order valence-corrected chi connectivity index (χ2v) is 7.62. The molecule has 0 bridgehead atoms. The highest BCUT2D eigenvalue weighted by atomic mass is 16.2. The van der Waals surface area contributed by atoms with Gasteiger partial charge in [-0.15, -0.1) is 0 Å². The highest BCUT2D eigenvalue weighted by molar-refractivity contribution is 6.07. The van der Waals surface area contributed by atoms with Gasteiger partial charge in [-0.25, -0.2) is 9.97 Å². The molecule has 3 aromatic rings. The van der Waals surface area contributed by atoms with Gasteiger partial charge in [-0.05, 0) is 56.7 Å². The molecular weight excluding hydrogens is 378 g/mol. The van der Waals surface area contributed by atoms with Crippen LogP contribution in [-0.4, -0.2) is 39.8 Å². The van der Waals surface area contributed by atoms with Crippen molar-refractivity contribution < 1.29 is 9.59 Å². The first-order chi connectivity index (χ1) is 14.4. The number of carbonyl (C=O) groups is 2. The van der Waals surface area contributed by atoms with E-state index in [9.17, 15) is 9.59 Å². The Morgan fingerprint density at radius 2 is 1.67 bits per heavy atom. The van der Waals surface area contributed by atoms with Crippen LogP contribution in [-0.2, 0) is 0 Å². The van der Waals surface area contributed by atoms with Crippen LogP contribution in [0.2, 0.25) is 0 Å². The lowest BCUT2D eigenvalue weighted by atomic mass is 10.00. The van der Waals surface area contributed by atoms with Crippen molar-refractivity contribution in [1.82, 2.24) is 14.9 Å². The van der Waals surface area contributed by atoms with Gasteiger partial charge in [0.2, 0.25) is 0 Å². The smallest absolute Gasteiger partial charge is 0.255 e. The Morgan fingerprint density at radius 1 is 1.00 bits per heavy atom. The van der Waals surface area contributed by atoms with Crippen LogP contribution in [0.1, 0.15) is 37.7 Å². The lowest BCUT2D eigenvalue weighted by Crippen LogP contribution is -2.49. The van der Waals surface area contributed by atoms with Gasteiger partial charge < -0.3 is 10.2 Å². The lowest BCUT2D eigenvalue weighted by molar-refractivity contribution is 0.0577. The third kappa shape index (κ3) is 3.60. The summed E-state index contributed by atoms with van der Waals surface area (Å²) in [6.07, 6.45) is 0. The van der Waals surface area contributed by atoms with Crippen LogP contribution in [0, 0.1) is 38.0 Å². The van der Waals surface area contributed by atoms with E-state index >= 15 is 0 Å². The Morgan fingerprint density at radius 3 is 2.37 bits per heavy atom. The topological polar surface area (TPSA) is 99.0 Å². The molecule has 2 heterocycles. The molecule has 2 aromatic carbocycles. The lowest BCUT2D eigenvalue weighted by Gasteiger charge is -2.35. The standard InChI is InChI=1S/C23H21N5O2/c1-13-4-5-18(23(30)28-11-16(10-24)12-28)9-20(13)27-22(29)17-6-7-19-21(8-17)26-15(3)14(2)25-19/h4-9,16H,11-12H2,1-3H3,(H,27,29). The quantitative estimate of drug-likeness (QED) is 0.728. The predicted molar refractivity (Wildman–Crippen MR) is 113 cm³/mol. The Labute approximate surface area is 174 Å². The van der Waals surface area contributed by atoms with E-state index < -0.39 is 0 Å². The molecule has 0 aliphatic carbocycles. The van der Waals surface area contributed by atoms with Crippen LogP contribution in [0.3, 0.4) is 0 Å². The third-order valence-electron chi connectivity index (χ3n) is 5.42. The summed E-state index contributed by atoms with van der Waals surface area (Å²) in [7, 11) is 0. The molecule has 1 aliphatic rings. The molecule has 150 valence electrons. The maximum absolute atomic E-state index is 12.8. The number of rotatable bonds is 3. The molecule has 1 saturated heterocycles. The summed E-state index contributed by atoms with van der Waals surface area (Å²) in [5.74, 6) is -0.510. The van der Waals surface area contributed by atoms with Crippen molar-refractivity contribution in [3.63, 3.8) is 0 Å². The molecule has 1 fully saturated rings. The first-order valence-corrected chi connectivity index (χ1v) is 9.71. The normalized spacial score (nSPS) is 13.6. The first kappa shape index (κ1) is 19.5. The minimum absolute atomic E-state index is 0.0954. The van der Waals surface area contributed by atoms with E-state index in [1.807, 2.05) is 26.8 Å². The number of nitriles is 1. The number of benzene rings is 2. The van der Waals surface area contributed by atoms with E-state index in [4.69, 9.17) is 5.26 Å². The van der Waals surface area contributed by atoms with Crippen molar-refractivity contribution in [3.05, 3.63) is 64.5 Å². The van der Waals surface area contributed by atoms with Crippen molar-refractivity contribution in [2.24, 2.45) is 5.92 Å². The van der Waals surface area contributed by atoms with Gasteiger partial charge in [0.05, 0.1) is 34.4 Å². The number of nitrogens with one attached hydrogen (secondary N) is 1. The summed E-state index contributed by atoms with van der Waals surface area (Å²) < 4.78 is 0. The van der Waals surface area contributed by atoms with Crippen molar-refractivity contribution >= 4 is 28.5 Å². The van der Waals surface area contributed by atoms with Gasteiger partial charge in [-0.1, -0.05) is 6.07 Å². The second kappa shape index (κ2) is 7.56. The van der Waals surface area contributed by atoms with Crippen LogP contribution in [0.4, 0.5) is 5.69 Å². The number of fused-ring (bicyclic) bond motifs is 1. The SMILES string of the molecule is Cc1ccc(C(=O)N2CC(C#N)C2)cc1NC(=O)c1ccc2nc(C)c(C)nc2c1. The predicted octanol–water partition coefficient (Wildman–Crippen LogP) is 3.40. The monoisotopic (exact) mass is 399 g/mol. The molecule has 1 aromatic heterocycles. The Bertz CT molecular complexity index is 1220. The van der Waals surface area contributed by atoms with Crippen LogP contribution in [0.5, 0.6) is 0 Å². The van der Waals surface area contributed by atoms with Gasteiger partial charge in [-0.2, -0.15) is 5.26 Å². The molecule has 0 atom stereocenters. The number of amides is 2. The third-order valence-corrected chi connectivity index (χ3v) is 5.42. The van der Waals surface area contributed by atoms with Crippen LogP contribution in [0.25, 0.3) is 11.0 Å². The first-order valence-electron chi connectivity index (χ1n) is 9.71. The largest absolute Gasteiger partial charge is 0.336 e. The van der Waals surface area contributed by atoms with Crippen molar-refractivity contribution in [2.45, 2.75) is 20.8 Å². The zero-order valence-electron chi connectivity index (χ0n) is 17.1. The number of nitrogens with zero attached hydrogens (tertiary/aromatic N) is 4. The summed E-state index contributed by atoms with van der Waals surface area (Å²) in [5.41, 5.74) is 5.48. The summed E-state index contributed by atoms with van der Waals surface area (Å²) in [6.45, 7) is 6.55. The molecule has 0 unspecified atom stereocenters. The van der Waals surface area contributed by atoms with Crippen LogP contribution >= 0.6 is 0 Å². The molecule has 4 rings (SSSR count). The zero-order chi connectivity index (χ0) is 21.4. The van der Waals surface area contributed by atoms with E-state index in [1.54, 1.807) is 35.2 Å². The van der Waals surface area contributed by atoms with E-state index in [1.165, 1.54) is 0 Å². The summed E-state index contributed by atoms with van der Waals surface area (Å²) in [5, 5.41) is 11.8. The molecule has 7 nitrogen and oxygen atoms in total. The van der Waals surface area contributed by atoms with E-state index in [0.29, 0.717) is 35.4 Å². The maximum Gasteiger partial charge on any atom is 0.255 e. The highest BCUT2D eigenvalue weighted by Crippen LogP contribution is 2.23. The second-order valence-electron chi connectivity index (χ2n) is 7.62. The molecular formula is C23H21N5O2. The Balaban J connectivity index is 1.56. The fourth-order valence-electron chi connectivity index (χ4n) is 3.36. The fourth-order valence-corrected chi connectivity index (χ4v) is 3.36. The van der Waals surface area contributed by atoms with Crippen molar-refractivity contribution in [1.29, 1.82) is 5.26 Å². The molecule has 1 aliphatic heterocycles. The molecule has 0 radical (unpaired) electrons. The van der Waals surface area contributed by atoms with Gasteiger partial charge >= 0.3 is 0 Å². The van der Waals surface area contributed by atoms with Gasteiger partial charge in [0, 0.05) is 29.9 Å². The number of likely N-dealkylation sites (tertiary alicyclic amines) is 1. The summed E-state index contributed by atoms with van der Waals surface area (Å²) >= 11 is 0. The minimum Gasteiger partial charge on any atom is -0.336 e. The maximum atomic E-state index is 12.8. The molecule has 7 heteroatoms. The van der Waals surface area contributed by atoms with Gasteiger partial charge in [-0.3, -0.25) is 9.59 Å². The van der Waals surface area contributed by atoms with Crippen molar-refractivity contribution in [3.8, 4) is 6.07 Å². The van der Waals surface area contributed by atoms with E-state index in [-0.39, 0.29) is 17.7 Å². The minimum atomic E-state index is -0.280. The van der Waals surface area contributed by atoms with Crippen molar-refractivity contribution in [2.75, 3.05) is 18.4 Å². The average Bonchev–Trinajstić information content (AvgIpc) is 2.69.